The fraction of sp³-hybridized carbons (Fsp3) is 0.923. The molecule has 106 valence electrons. The molecule has 1 fully saturated rings. The quantitative estimate of drug-likeness (QED) is 0.769. The van der Waals surface area contributed by atoms with E-state index in [4.69, 9.17) is 5.73 Å². The molecule has 1 saturated carbocycles. The Balaban J connectivity index is 2.29. The van der Waals surface area contributed by atoms with Crippen LogP contribution in [-0.2, 0) is 14.6 Å². The van der Waals surface area contributed by atoms with Crippen molar-refractivity contribution in [2.75, 3.05) is 11.5 Å². The zero-order valence-electron chi connectivity index (χ0n) is 11.3. The second-order valence-corrected chi connectivity index (χ2v) is 7.95. The van der Waals surface area contributed by atoms with Crippen molar-refractivity contribution in [2.45, 2.75) is 63.8 Å². The molecule has 5 heteroatoms. The molecule has 0 aliphatic heterocycles. The molecular weight excluding hydrogens is 250 g/mol. The second kappa shape index (κ2) is 6.66. The van der Waals surface area contributed by atoms with Crippen LogP contribution in [0, 0.1) is 0 Å². The predicted octanol–water partition coefficient (Wildman–Crippen LogP) is 1.82. The molecular formula is C13H25NO3S. The first-order chi connectivity index (χ1) is 8.37. The van der Waals surface area contributed by atoms with Crippen molar-refractivity contribution >= 4 is 15.6 Å². The highest BCUT2D eigenvalue weighted by atomic mass is 32.2. The number of sulfone groups is 1. The standard InChI is InChI=1S/C13H25NO3S/c1-2-18(16,17)10-6-7-12(15)11-13(14)8-4-3-5-9-13/h2-11,14H2,1H3. The molecule has 0 radical (unpaired) electrons. The monoisotopic (exact) mass is 275 g/mol. The summed E-state index contributed by atoms with van der Waals surface area (Å²) in [5, 5.41) is 0. The minimum Gasteiger partial charge on any atom is -0.325 e. The Morgan fingerprint density at radius 1 is 1.22 bits per heavy atom. The first-order valence-corrected chi connectivity index (χ1v) is 8.70. The smallest absolute Gasteiger partial charge is 0.150 e. The van der Waals surface area contributed by atoms with Gasteiger partial charge in [0.1, 0.15) is 15.6 Å². The first-order valence-electron chi connectivity index (χ1n) is 6.88. The molecule has 0 spiro atoms. The molecule has 1 rings (SSSR count). The van der Waals surface area contributed by atoms with Gasteiger partial charge in [0, 0.05) is 24.1 Å². The molecule has 0 unspecified atom stereocenters. The maximum absolute atomic E-state index is 11.8. The van der Waals surface area contributed by atoms with E-state index in [0.717, 1.165) is 25.7 Å². The van der Waals surface area contributed by atoms with Crippen LogP contribution >= 0.6 is 0 Å². The van der Waals surface area contributed by atoms with Crippen LogP contribution in [0.5, 0.6) is 0 Å². The Morgan fingerprint density at radius 3 is 2.39 bits per heavy atom. The summed E-state index contributed by atoms with van der Waals surface area (Å²) in [6.07, 6.45) is 6.46. The van der Waals surface area contributed by atoms with Gasteiger partial charge >= 0.3 is 0 Å². The molecule has 0 atom stereocenters. The number of Topliss-reactive ketones (excluding diaryl/α,β-unsaturated/α-hetero) is 1. The number of rotatable bonds is 7. The molecule has 0 aromatic rings. The van der Waals surface area contributed by atoms with E-state index in [2.05, 4.69) is 0 Å². The van der Waals surface area contributed by atoms with Crippen molar-refractivity contribution in [3.8, 4) is 0 Å². The van der Waals surface area contributed by atoms with Crippen molar-refractivity contribution in [3.63, 3.8) is 0 Å². The lowest BCUT2D eigenvalue weighted by atomic mass is 9.79. The average Bonchev–Trinajstić information content (AvgIpc) is 2.29. The van der Waals surface area contributed by atoms with E-state index >= 15 is 0 Å². The lowest BCUT2D eigenvalue weighted by Crippen LogP contribution is -2.43. The third kappa shape index (κ3) is 5.48. The molecule has 0 aromatic heterocycles. The van der Waals surface area contributed by atoms with Crippen LogP contribution in [0.1, 0.15) is 58.3 Å². The van der Waals surface area contributed by atoms with Gasteiger partial charge in [0.2, 0.25) is 0 Å². The van der Waals surface area contributed by atoms with Gasteiger partial charge in [0.25, 0.3) is 0 Å². The highest BCUT2D eigenvalue weighted by Crippen LogP contribution is 2.29. The maximum atomic E-state index is 11.8. The minimum atomic E-state index is -2.95. The number of ketones is 1. The Kier molecular flexibility index (Phi) is 5.79. The second-order valence-electron chi connectivity index (χ2n) is 5.48. The maximum Gasteiger partial charge on any atom is 0.150 e. The van der Waals surface area contributed by atoms with Crippen LogP contribution in [0.25, 0.3) is 0 Å². The van der Waals surface area contributed by atoms with Crippen LogP contribution in [0.3, 0.4) is 0 Å². The van der Waals surface area contributed by atoms with Crippen molar-refractivity contribution in [3.05, 3.63) is 0 Å². The topological polar surface area (TPSA) is 77.2 Å². The van der Waals surface area contributed by atoms with Gasteiger partial charge in [-0.2, -0.15) is 0 Å². The van der Waals surface area contributed by atoms with Crippen molar-refractivity contribution in [1.82, 2.24) is 0 Å². The van der Waals surface area contributed by atoms with E-state index in [1.807, 2.05) is 0 Å². The summed E-state index contributed by atoms with van der Waals surface area (Å²) < 4.78 is 22.6. The van der Waals surface area contributed by atoms with E-state index in [0.29, 0.717) is 19.3 Å². The molecule has 2 N–H and O–H groups in total. The third-order valence-electron chi connectivity index (χ3n) is 3.75. The summed E-state index contributed by atoms with van der Waals surface area (Å²) in [6.45, 7) is 1.63. The van der Waals surface area contributed by atoms with Crippen molar-refractivity contribution in [1.29, 1.82) is 0 Å². The lowest BCUT2D eigenvalue weighted by Gasteiger charge is -2.32. The third-order valence-corrected chi connectivity index (χ3v) is 5.54. The van der Waals surface area contributed by atoms with Gasteiger partial charge in [0.15, 0.2) is 0 Å². The van der Waals surface area contributed by atoms with Crippen LogP contribution in [0.4, 0.5) is 0 Å². The summed E-state index contributed by atoms with van der Waals surface area (Å²) in [5.41, 5.74) is 5.88. The lowest BCUT2D eigenvalue weighted by molar-refractivity contribution is -0.120. The van der Waals surface area contributed by atoms with Gasteiger partial charge in [-0.1, -0.05) is 26.2 Å². The van der Waals surface area contributed by atoms with Gasteiger partial charge in [-0.05, 0) is 19.3 Å². The molecule has 4 nitrogen and oxygen atoms in total. The van der Waals surface area contributed by atoms with E-state index in [-0.39, 0.29) is 22.8 Å². The van der Waals surface area contributed by atoms with Crippen LogP contribution < -0.4 is 5.73 Å². The summed E-state index contributed by atoms with van der Waals surface area (Å²) in [5.74, 6) is 0.389. The Morgan fingerprint density at radius 2 is 1.83 bits per heavy atom. The Hall–Kier alpha value is -0.420. The number of hydrogen-bond donors (Lipinski definition) is 1. The summed E-state index contributed by atoms with van der Waals surface area (Å²) in [6, 6.07) is 0. The van der Waals surface area contributed by atoms with Crippen LogP contribution in [-0.4, -0.2) is 31.2 Å². The molecule has 0 bridgehead atoms. The van der Waals surface area contributed by atoms with Gasteiger partial charge in [-0.25, -0.2) is 8.42 Å². The van der Waals surface area contributed by atoms with Crippen molar-refractivity contribution < 1.29 is 13.2 Å². The summed E-state index contributed by atoms with van der Waals surface area (Å²) >= 11 is 0. The SMILES string of the molecule is CCS(=O)(=O)CCCC(=O)CC1(N)CCCCC1. The van der Waals surface area contributed by atoms with Gasteiger partial charge in [0.05, 0.1) is 5.75 Å². The molecule has 1 aliphatic rings. The minimum absolute atomic E-state index is 0.116. The molecule has 18 heavy (non-hydrogen) atoms. The molecule has 0 saturated heterocycles. The molecule has 0 aromatic carbocycles. The molecule has 0 heterocycles. The zero-order chi connectivity index (χ0) is 13.6. The van der Waals surface area contributed by atoms with Gasteiger partial charge < -0.3 is 5.73 Å². The van der Waals surface area contributed by atoms with Gasteiger partial charge in [-0.15, -0.1) is 0 Å². The van der Waals surface area contributed by atoms with E-state index in [1.54, 1.807) is 6.92 Å². The predicted molar refractivity (Wildman–Crippen MR) is 73.2 cm³/mol. The van der Waals surface area contributed by atoms with Crippen LogP contribution in [0.2, 0.25) is 0 Å². The van der Waals surface area contributed by atoms with E-state index < -0.39 is 9.84 Å². The van der Waals surface area contributed by atoms with Crippen molar-refractivity contribution in [2.24, 2.45) is 5.73 Å². The fourth-order valence-electron chi connectivity index (χ4n) is 2.55. The molecule has 0 amide bonds. The van der Waals surface area contributed by atoms with Crippen LogP contribution in [0.15, 0.2) is 0 Å². The number of hydrogen-bond acceptors (Lipinski definition) is 4. The fourth-order valence-corrected chi connectivity index (χ4v) is 3.42. The highest BCUT2D eigenvalue weighted by Gasteiger charge is 2.29. The largest absolute Gasteiger partial charge is 0.325 e. The molecule has 1 aliphatic carbocycles. The van der Waals surface area contributed by atoms with Gasteiger partial charge in [-0.3, -0.25) is 4.79 Å². The van der Waals surface area contributed by atoms with E-state index in [1.165, 1.54) is 6.42 Å². The zero-order valence-corrected chi connectivity index (χ0v) is 12.1. The Bertz CT molecular complexity index is 370. The normalized spacial score (nSPS) is 19.7. The Labute approximate surface area is 110 Å². The first kappa shape index (κ1) is 15.6. The summed E-state index contributed by atoms with van der Waals surface area (Å²) in [4.78, 5) is 11.8. The number of carbonyl (C=O) groups excluding carboxylic acids is 1. The van der Waals surface area contributed by atoms with E-state index in [9.17, 15) is 13.2 Å². The summed E-state index contributed by atoms with van der Waals surface area (Å²) in [7, 11) is -2.95. The highest BCUT2D eigenvalue weighted by molar-refractivity contribution is 7.91. The average molecular weight is 275 g/mol. The number of nitrogens with two attached hydrogens (primary N) is 1. The number of carbonyl (C=O) groups is 1.